The molecule has 1 N–H and O–H groups in total. The van der Waals surface area contributed by atoms with Gasteiger partial charge in [-0.1, -0.05) is 11.6 Å². The Hall–Kier alpha value is -0.650. The zero-order valence-electron chi connectivity index (χ0n) is 9.28. The Bertz CT molecular complexity index is 465. The minimum atomic E-state index is -0.804. The molecule has 1 fully saturated rings. The van der Waals surface area contributed by atoms with E-state index in [-0.39, 0.29) is 11.1 Å². The number of nitrogens with zero attached hydrogens (tertiary/aromatic N) is 2. The van der Waals surface area contributed by atoms with Gasteiger partial charge in [-0.3, -0.25) is 4.79 Å². The van der Waals surface area contributed by atoms with Gasteiger partial charge in [0.1, 0.15) is 5.15 Å². The number of carbonyl (C=O) groups excluding carboxylic acids is 1. The summed E-state index contributed by atoms with van der Waals surface area (Å²) >= 11 is 9.15. The van der Waals surface area contributed by atoms with Crippen LogP contribution in [0, 0.1) is 0 Å². The Morgan fingerprint density at radius 2 is 2.41 bits per heavy atom. The zero-order chi connectivity index (χ0) is 12.6. The molecule has 2 rings (SSSR count). The van der Waals surface area contributed by atoms with Crippen LogP contribution >= 0.6 is 27.5 Å². The van der Waals surface area contributed by atoms with Crippen LogP contribution in [0.4, 0.5) is 0 Å². The second kappa shape index (κ2) is 4.55. The predicted molar refractivity (Wildman–Crippen MR) is 68.1 cm³/mol. The van der Waals surface area contributed by atoms with E-state index in [0.29, 0.717) is 29.5 Å². The van der Waals surface area contributed by atoms with Gasteiger partial charge >= 0.3 is 0 Å². The highest BCUT2D eigenvalue weighted by Gasteiger charge is 2.35. The number of likely N-dealkylation sites (tertiary alicyclic amines) is 1. The van der Waals surface area contributed by atoms with E-state index in [1.165, 1.54) is 0 Å². The molecule has 0 spiro atoms. The molecule has 0 radical (unpaired) electrons. The summed E-state index contributed by atoms with van der Waals surface area (Å²) in [5.41, 5.74) is -0.444. The van der Waals surface area contributed by atoms with E-state index in [1.807, 2.05) is 0 Å². The maximum absolute atomic E-state index is 12.2. The zero-order valence-corrected chi connectivity index (χ0v) is 11.6. The Morgan fingerprint density at radius 3 is 3.00 bits per heavy atom. The van der Waals surface area contributed by atoms with Crippen LogP contribution in [0.15, 0.2) is 16.7 Å². The molecule has 1 amide bonds. The summed E-state index contributed by atoms with van der Waals surface area (Å²) in [6.07, 6.45) is 2.12. The number of pyridine rings is 1. The molecule has 1 aliphatic rings. The van der Waals surface area contributed by atoms with Gasteiger partial charge in [0.15, 0.2) is 0 Å². The summed E-state index contributed by atoms with van der Waals surface area (Å²) in [7, 11) is 0. The fraction of sp³-hybridized carbons (Fsp3) is 0.455. The minimum absolute atomic E-state index is 0.185. The van der Waals surface area contributed by atoms with Crippen molar-refractivity contribution < 1.29 is 9.90 Å². The first-order chi connectivity index (χ1) is 7.89. The third-order valence-electron chi connectivity index (χ3n) is 2.78. The molecule has 1 aromatic rings. The highest BCUT2D eigenvalue weighted by molar-refractivity contribution is 9.10. The van der Waals surface area contributed by atoms with Crippen LogP contribution in [0.3, 0.4) is 0 Å². The van der Waals surface area contributed by atoms with Crippen molar-refractivity contribution in [3.8, 4) is 0 Å². The smallest absolute Gasteiger partial charge is 0.257 e. The van der Waals surface area contributed by atoms with E-state index in [2.05, 4.69) is 20.9 Å². The number of halogens is 2. The number of carbonyl (C=O) groups is 1. The highest BCUT2D eigenvalue weighted by atomic mass is 79.9. The van der Waals surface area contributed by atoms with Crippen LogP contribution in [-0.4, -0.2) is 39.6 Å². The third kappa shape index (κ3) is 2.78. The lowest BCUT2D eigenvalue weighted by Crippen LogP contribution is -2.34. The average Bonchev–Trinajstić information content (AvgIpc) is 2.61. The molecule has 92 valence electrons. The molecule has 0 bridgehead atoms. The van der Waals surface area contributed by atoms with Crippen molar-refractivity contribution in [2.24, 2.45) is 0 Å². The van der Waals surface area contributed by atoms with Crippen molar-refractivity contribution in [2.45, 2.75) is 18.9 Å². The predicted octanol–water partition coefficient (Wildman–Crippen LogP) is 2.09. The third-order valence-corrected chi connectivity index (χ3v) is 3.51. The van der Waals surface area contributed by atoms with E-state index >= 15 is 0 Å². The lowest BCUT2D eigenvalue weighted by molar-refractivity contribution is 0.0572. The first kappa shape index (κ1) is 12.8. The molecule has 17 heavy (non-hydrogen) atoms. The van der Waals surface area contributed by atoms with Crippen molar-refractivity contribution in [1.82, 2.24) is 9.88 Å². The van der Waals surface area contributed by atoms with Gasteiger partial charge in [-0.15, -0.1) is 0 Å². The highest BCUT2D eigenvalue weighted by Crippen LogP contribution is 2.25. The van der Waals surface area contributed by atoms with Gasteiger partial charge in [0.2, 0.25) is 0 Å². The van der Waals surface area contributed by atoms with Crippen molar-refractivity contribution in [3.05, 3.63) is 27.5 Å². The Morgan fingerprint density at radius 1 is 1.71 bits per heavy atom. The summed E-state index contributed by atoms with van der Waals surface area (Å²) in [5.74, 6) is -0.193. The van der Waals surface area contributed by atoms with Gasteiger partial charge in [-0.2, -0.15) is 0 Å². The topological polar surface area (TPSA) is 53.4 Å². The van der Waals surface area contributed by atoms with Crippen LogP contribution in [0.5, 0.6) is 0 Å². The number of rotatable bonds is 1. The van der Waals surface area contributed by atoms with Crippen LogP contribution in [0.2, 0.25) is 5.15 Å². The van der Waals surface area contributed by atoms with Crippen LogP contribution in [0.1, 0.15) is 23.7 Å². The molecule has 6 heteroatoms. The summed E-state index contributed by atoms with van der Waals surface area (Å²) in [6.45, 7) is 2.59. The molecule has 2 heterocycles. The van der Waals surface area contributed by atoms with Crippen LogP contribution < -0.4 is 0 Å². The monoisotopic (exact) mass is 318 g/mol. The first-order valence-electron chi connectivity index (χ1n) is 5.22. The van der Waals surface area contributed by atoms with Gasteiger partial charge in [0, 0.05) is 23.8 Å². The maximum Gasteiger partial charge on any atom is 0.257 e. The molecule has 0 aromatic carbocycles. The average molecular weight is 320 g/mol. The molecule has 1 atom stereocenters. The standard InChI is InChI=1S/C11H12BrClN2O2/c1-11(17)2-3-15(6-11)10(16)8-4-7(12)5-14-9(8)13/h4-5,17H,2-3,6H2,1H3. The maximum atomic E-state index is 12.2. The van der Waals surface area contributed by atoms with E-state index in [9.17, 15) is 9.90 Å². The summed E-state index contributed by atoms with van der Waals surface area (Å²) in [4.78, 5) is 17.7. The Kier molecular flexibility index (Phi) is 3.43. The van der Waals surface area contributed by atoms with Crippen molar-refractivity contribution in [2.75, 3.05) is 13.1 Å². The van der Waals surface area contributed by atoms with Crippen molar-refractivity contribution in [3.63, 3.8) is 0 Å². The second-order valence-corrected chi connectivity index (χ2v) is 5.74. The SMILES string of the molecule is CC1(O)CCN(C(=O)c2cc(Br)cnc2Cl)C1. The molecular formula is C11H12BrClN2O2. The van der Waals surface area contributed by atoms with Gasteiger partial charge in [-0.05, 0) is 35.3 Å². The molecule has 1 aliphatic heterocycles. The van der Waals surface area contributed by atoms with E-state index < -0.39 is 5.60 Å². The van der Waals surface area contributed by atoms with Crippen molar-refractivity contribution in [1.29, 1.82) is 0 Å². The molecule has 1 saturated heterocycles. The van der Waals surface area contributed by atoms with Gasteiger partial charge < -0.3 is 10.0 Å². The summed E-state index contributed by atoms with van der Waals surface area (Å²) in [5, 5.41) is 10.0. The molecule has 1 aromatic heterocycles. The lowest BCUT2D eigenvalue weighted by Gasteiger charge is -2.19. The number of hydrogen-bond acceptors (Lipinski definition) is 3. The largest absolute Gasteiger partial charge is 0.388 e. The van der Waals surface area contributed by atoms with Crippen LogP contribution in [-0.2, 0) is 0 Å². The number of aliphatic hydroxyl groups is 1. The molecular weight excluding hydrogens is 307 g/mol. The molecule has 4 nitrogen and oxygen atoms in total. The fourth-order valence-electron chi connectivity index (χ4n) is 1.86. The lowest BCUT2D eigenvalue weighted by atomic mass is 10.1. The number of β-amino-alcohol motifs (C(OH)–C–C–N with tert-alkyl or cyclic N) is 1. The van der Waals surface area contributed by atoms with Gasteiger partial charge in [0.25, 0.3) is 5.91 Å². The number of hydrogen-bond donors (Lipinski definition) is 1. The molecule has 0 saturated carbocycles. The second-order valence-electron chi connectivity index (χ2n) is 4.47. The molecule has 0 aliphatic carbocycles. The fourth-order valence-corrected chi connectivity index (χ4v) is 2.38. The van der Waals surface area contributed by atoms with E-state index in [4.69, 9.17) is 11.6 Å². The number of amides is 1. The van der Waals surface area contributed by atoms with Gasteiger partial charge in [-0.25, -0.2) is 4.98 Å². The van der Waals surface area contributed by atoms with Crippen molar-refractivity contribution >= 4 is 33.4 Å². The van der Waals surface area contributed by atoms with E-state index in [0.717, 1.165) is 0 Å². The van der Waals surface area contributed by atoms with Crippen LogP contribution in [0.25, 0.3) is 0 Å². The summed E-state index contributed by atoms with van der Waals surface area (Å²) in [6, 6.07) is 1.64. The number of aromatic nitrogens is 1. The Labute approximate surface area is 113 Å². The Balaban J connectivity index is 2.23. The normalized spacial score (nSPS) is 24.1. The molecule has 1 unspecified atom stereocenters. The summed E-state index contributed by atoms with van der Waals surface area (Å²) < 4.78 is 0.705. The minimum Gasteiger partial charge on any atom is -0.388 e. The van der Waals surface area contributed by atoms with Gasteiger partial charge in [0.05, 0.1) is 11.2 Å². The first-order valence-corrected chi connectivity index (χ1v) is 6.39. The quantitative estimate of drug-likeness (QED) is 0.807. The van der Waals surface area contributed by atoms with E-state index in [1.54, 1.807) is 24.1 Å².